The van der Waals surface area contributed by atoms with Crippen LogP contribution in [0.25, 0.3) is 0 Å². The van der Waals surface area contributed by atoms with Crippen molar-refractivity contribution in [2.45, 2.75) is 27.2 Å². The average Bonchev–Trinajstić information content (AvgIpc) is 2.26. The fraction of sp³-hybridized carbons (Fsp3) is 0.400. The monoisotopic (exact) mass is 218 g/mol. The van der Waals surface area contributed by atoms with Crippen LogP contribution < -0.4 is 0 Å². The van der Waals surface area contributed by atoms with Gasteiger partial charge >= 0.3 is 0 Å². The van der Waals surface area contributed by atoms with Gasteiger partial charge in [-0.15, -0.1) is 6.58 Å². The Hall–Kier alpha value is -1.37. The summed E-state index contributed by atoms with van der Waals surface area (Å²) in [6.45, 7) is 13.2. The lowest BCUT2D eigenvalue weighted by atomic mass is 9.83. The van der Waals surface area contributed by atoms with E-state index in [9.17, 15) is 4.79 Å². The standard InChI is InChI=1S/C15H22O/c1-6-10-14(12(5)16)15(11-7-2)13(8-3)9-4/h6-8,10-11,13-14H,2-3,9H2,1,4-5H3/b10-6-,15-11+. The van der Waals surface area contributed by atoms with Gasteiger partial charge in [0, 0.05) is 0 Å². The maximum Gasteiger partial charge on any atom is 0.140 e. The lowest BCUT2D eigenvalue weighted by molar-refractivity contribution is -0.118. The van der Waals surface area contributed by atoms with Crippen molar-refractivity contribution in [3.63, 3.8) is 0 Å². The fourth-order valence-corrected chi connectivity index (χ4v) is 1.81. The van der Waals surface area contributed by atoms with Crippen LogP contribution in [0.3, 0.4) is 0 Å². The number of hydrogen-bond donors (Lipinski definition) is 0. The summed E-state index contributed by atoms with van der Waals surface area (Å²) in [6.07, 6.45) is 10.4. The summed E-state index contributed by atoms with van der Waals surface area (Å²) in [4.78, 5) is 11.6. The summed E-state index contributed by atoms with van der Waals surface area (Å²) in [7, 11) is 0. The molecule has 0 heterocycles. The van der Waals surface area contributed by atoms with Crippen molar-refractivity contribution in [3.05, 3.63) is 49.1 Å². The summed E-state index contributed by atoms with van der Waals surface area (Å²) in [6, 6.07) is 0. The van der Waals surface area contributed by atoms with Gasteiger partial charge in [0.2, 0.25) is 0 Å². The quantitative estimate of drug-likeness (QED) is 0.464. The van der Waals surface area contributed by atoms with Crippen LogP contribution in [0.2, 0.25) is 0 Å². The third-order valence-corrected chi connectivity index (χ3v) is 2.64. The first-order chi connectivity index (χ1) is 7.62. The van der Waals surface area contributed by atoms with E-state index in [4.69, 9.17) is 0 Å². The van der Waals surface area contributed by atoms with Crippen LogP contribution >= 0.6 is 0 Å². The minimum absolute atomic E-state index is 0.147. The average molecular weight is 218 g/mol. The minimum Gasteiger partial charge on any atom is -0.299 e. The topological polar surface area (TPSA) is 17.1 Å². The third kappa shape index (κ3) is 4.01. The highest BCUT2D eigenvalue weighted by molar-refractivity contribution is 5.83. The van der Waals surface area contributed by atoms with Crippen LogP contribution in [-0.2, 0) is 4.79 Å². The third-order valence-electron chi connectivity index (χ3n) is 2.64. The van der Waals surface area contributed by atoms with Gasteiger partial charge in [0.05, 0.1) is 5.92 Å². The number of ketones is 1. The molecule has 0 aromatic carbocycles. The molecule has 0 spiro atoms. The second kappa shape index (κ2) is 7.86. The number of carbonyl (C=O) groups excluding carboxylic acids is 1. The number of carbonyl (C=O) groups is 1. The molecule has 16 heavy (non-hydrogen) atoms. The Labute approximate surface area is 99.3 Å². The van der Waals surface area contributed by atoms with E-state index < -0.39 is 0 Å². The summed E-state index contributed by atoms with van der Waals surface area (Å²) in [5.41, 5.74) is 1.08. The molecule has 0 aliphatic rings. The maximum absolute atomic E-state index is 11.6. The van der Waals surface area contributed by atoms with Crippen molar-refractivity contribution < 1.29 is 4.79 Å². The summed E-state index contributed by atoms with van der Waals surface area (Å²) in [5.74, 6) is 0.251. The summed E-state index contributed by atoms with van der Waals surface area (Å²) in [5, 5.41) is 0. The van der Waals surface area contributed by atoms with Gasteiger partial charge in [-0.1, -0.05) is 43.9 Å². The Balaban J connectivity index is 5.29. The normalized spacial score (nSPS) is 15.8. The fourth-order valence-electron chi connectivity index (χ4n) is 1.81. The molecule has 0 saturated carbocycles. The zero-order valence-corrected chi connectivity index (χ0v) is 10.6. The van der Waals surface area contributed by atoms with Gasteiger partial charge in [0.15, 0.2) is 0 Å². The number of hydrogen-bond acceptors (Lipinski definition) is 1. The summed E-state index contributed by atoms with van der Waals surface area (Å²) >= 11 is 0. The zero-order chi connectivity index (χ0) is 12.6. The first-order valence-corrected chi connectivity index (χ1v) is 5.70. The van der Waals surface area contributed by atoms with Crippen molar-refractivity contribution >= 4 is 5.78 Å². The van der Waals surface area contributed by atoms with Gasteiger partial charge < -0.3 is 0 Å². The highest BCUT2D eigenvalue weighted by Gasteiger charge is 2.20. The van der Waals surface area contributed by atoms with E-state index in [0.29, 0.717) is 0 Å². The van der Waals surface area contributed by atoms with Crippen LogP contribution in [0.4, 0.5) is 0 Å². The molecule has 0 aliphatic carbocycles. The largest absolute Gasteiger partial charge is 0.299 e. The van der Waals surface area contributed by atoms with Crippen LogP contribution in [-0.4, -0.2) is 5.78 Å². The number of rotatable bonds is 7. The smallest absolute Gasteiger partial charge is 0.140 e. The molecule has 0 aliphatic heterocycles. The zero-order valence-electron chi connectivity index (χ0n) is 10.6. The van der Waals surface area contributed by atoms with Crippen LogP contribution in [0.1, 0.15) is 27.2 Å². The molecule has 88 valence electrons. The predicted octanol–water partition coefficient (Wildman–Crippen LogP) is 4.09. The molecule has 0 radical (unpaired) electrons. The number of allylic oxidation sites excluding steroid dienone is 6. The van der Waals surface area contributed by atoms with E-state index in [1.807, 2.05) is 31.2 Å². The maximum atomic E-state index is 11.6. The first-order valence-electron chi connectivity index (χ1n) is 5.70. The van der Waals surface area contributed by atoms with Crippen LogP contribution in [0, 0.1) is 11.8 Å². The molecule has 0 rings (SSSR count). The molecular weight excluding hydrogens is 196 g/mol. The Morgan fingerprint density at radius 2 is 2.00 bits per heavy atom. The number of Topliss-reactive ketones (excluding diaryl/α,β-unsaturated/α-hetero) is 1. The lowest BCUT2D eigenvalue weighted by Crippen LogP contribution is -2.16. The Bertz CT molecular complexity index is 307. The van der Waals surface area contributed by atoms with E-state index in [0.717, 1.165) is 12.0 Å². The molecule has 2 atom stereocenters. The predicted molar refractivity (Wildman–Crippen MR) is 71.2 cm³/mol. The molecule has 0 bridgehead atoms. The molecule has 0 amide bonds. The Kier molecular flexibility index (Phi) is 7.19. The van der Waals surface area contributed by atoms with Gasteiger partial charge in [-0.05, 0) is 31.8 Å². The molecule has 1 heteroatoms. The Morgan fingerprint density at radius 3 is 2.31 bits per heavy atom. The SMILES string of the molecule is C=C/C=C(\C(C=C)CC)C(/C=C\C)C(C)=O. The van der Waals surface area contributed by atoms with E-state index >= 15 is 0 Å². The van der Waals surface area contributed by atoms with Crippen molar-refractivity contribution in [1.82, 2.24) is 0 Å². The van der Waals surface area contributed by atoms with Crippen LogP contribution in [0.5, 0.6) is 0 Å². The second-order valence-corrected chi connectivity index (χ2v) is 3.77. The van der Waals surface area contributed by atoms with Crippen LogP contribution in [0.15, 0.2) is 49.1 Å². The van der Waals surface area contributed by atoms with Crippen molar-refractivity contribution in [2.75, 3.05) is 0 Å². The minimum atomic E-state index is -0.147. The highest BCUT2D eigenvalue weighted by Crippen LogP contribution is 2.26. The van der Waals surface area contributed by atoms with E-state index in [1.54, 1.807) is 13.0 Å². The molecule has 0 fully saturated rings. The van der Waals surface area contributed by atoms with Gasteiger partial charge in [-0.3, -0.25) is 4.79 Å². The lowest BCUT2D eigenvalue weighted by Gasteiger charge is -2.20. The molecule has 0 saturated heterocycles. The molecule has 2 unspecified atom stereocenters. The van der Waals surface area contributed by atoms with E-state index in [-0.39, 0.29) is 17.6 Å². The van der Waals surface area contributed by atoms with Crippen molar-refractivity contribution in [1.29, 1.82) is 0 Å². The van der Waals surface area contributed by atoms with Gasteiger partial charge in [0.1, 0.15) is 5.78 Å². The second-order valence-electron chi connectivity index (χ2n) is 3.77. The summed E-state index contributed by atoms with van der Waals surface area (Å²) < 4.78 is 0. The Morgan fingerprint density at radius 1 is 1.38 bits per heavy atom. The van der Waals surface area contributed by atoms with Gasteiger partial charge in [0.25, 0.3) is 0 Å². The van der Waals surface area contributed by atoms with E-state index in [2.05, 4.69) is 20.1 Å². The highest BCUT2D eigenvalue weighted by atomic mass is 16.1. The molecule has 0 N–H and O–H groups in total. The molecule has 0 aromatic heterocycles. The van der Waals surface area contributed by atoms with E-state index in [1.165, 1.54) is 0 Å². The van der Waals surface area contributed by atoms with Gasteiger partial charge in [-0.25, -0.2) is 0 Å². The molecule has 1 nitrogen and oxygen atoms in total. The van der Waals surface area contributed by atoms with Crippen molar-refractivity contribution in [2.24, 2.45) is 11.8 Å². The van der Waals surface area contributed by atoms with Crippen molar-refractivity contribution in [3.8, 4) is 0 Å². The first kappa shape index (κ1) is 14.6. The molecule has 0 aromatic rings. The molecular formula is C15H22O. The van der Waals surface area contributed by atoms with Gasteiger partial charge in [-0.2, -0.15) is 0 Å².